The van der Waals surface area contributed by atoms with Crippen molar-refractivity contribution in [3.8, 4) is 11.3 Å². The van der Waals surface area contributed by atoms with Gasteiger partial charge < -0.3 is 16.8 Å². The van der Waals surface area contributed by atoms with Crippen LogP contribution in [0.3, 0.4) is 0 Å². The Kier molecular flexibility index (Phi) is 4.76. The van der Waals surface area contributed by atoms with Gasteiger partial charge in [-0.1, -0.05) is 23.2 Å². The van der Waals surface area contributed by atoms with Gasteiger partial charge in [0.15, 0.2) is 0 Å². The lowest BCUT2D eigenvalue weighted by molar-refractivity contribution is -0.117. The third-order valence-corrected chi connectivity index (χ3v) is 4.82. The van der Waals surface area contributed by atoms with E-state index in [2.05, 4.69) is 15.3 Å². The summed E-state index contributed by atoms with van der Waals surface area (Å²) in [6.45, 7) is -0.253. The zero-order valence-electron chi connectivity index (χ0n) is 12.5. The second kappa shape index (κ2) is 6.83. The molecule has 0 aliphatic rings. The second-order valence-corrected chi connectivity index (χ2v) is 6.91. The number of hydrogen-bond acceptors (Lipinski definition) is 6. The molecule has 10 heteroatoms. The molecule has 1 aromatic carbocycles. The Morgan fingerprint density at radius 1 is 1.20 bits per heavy atom. The number of benzene rings is 1. The van der Waals surface area contributed by atoms with E-state index in [0.717, 1.165) is 11.3 Å². The third kappa shape index (κ3) is 3.65. The lowest BCUT2D eigenvalue weighted by atomic mass is 10.1. The number of carbonyl (C=O) groups excluding carboxylic acids is 2. The summed E-state index contributed by atoms with van der Waals surface area (Å²) >= 11 is 13.3. The van der Waals surface area contributed by atoms with Crippen molar-refractivity contribution < 1.29 is 9.59 Å². The van der Waals surface area contributed by atoms with E-state index in [-0.39, 0.29) is 12.5 Å². The van der Waals surface area contributed by atoms with Crippen molar-refractivity contribution in [1.29, 1.82) is 0 Å². The summed E-state index contributed by atoms with van der Waals surface area (Å²) in [6, 6.07) is 6.61. The largest absolute Gasteiger partial charge is 0.368 e. The molecular weight excluding hydrogens is 385 g/mol. The Morgan fingerprint density at radius 3 is 2.64 bits per heavy atom. The maximum atomic E-state index is 12.1. The predicted octanol–water partition coefficient (Wildman–Crippen LogP) is 2.46. The number of fused-ring (bicyclic) bond motifs is 1. The van der Waals surface area contributed by atoms with Gasteiger partial charge in [0, 0.05) is 16.0 Å². The Hall–Kier alpha value is -2.42. The smallest absolute Gasteiger partial charge is 0.261 e. The minimum Gasteiger partial charge on any atom is -0.368 e. The first-order chi connectivity index (χ1) is 11.8. The van der Waals surface area contributed by atoms with Crippen molar-refractivity contribution in [1.82, 2.24) is 15.3 Å². The average Bonchev–Trinajstić information content (AvgIpc) is 2.96. The van der Waals surface area contributed by atoms with Crippen LogP contribution in [0.1, 0.15) is 9.67 Å². The van der Waals surface area contributed by atoms with Crippen molar-refractivity contribution in [3.05, 3.63) is 39.2 Å². The van der Waals surface area contributed by atoms with Crippen LogP contribution < -0.4 is 16.8 Å². The van der Waals surface area contributed by atoms with E-state index >= 15 is 0 Å². The molecule has 0 saturated heterocycles. The first-order valence-electron chi connectivity index (χ1n) is 6.94. The van der Waals surface area contributed by atoms with Crippen LogP contribution in [0.5, 0.6) is 0 Å². The van der Waals surface area contributed by atoms with Gasteiger partial charge in [0.25, 0.3) is 5.91 Å². The summed E-state index contributed by atoms with van der Waals surface area (Å²) in [6.07, 6.45) is 0. The Bertz CT molecular complexity index is 1000. The number of nitrogens with two attached hydrogens (primary N) is 2. The molecule has 0 fully saturated rings. The molecule has 3 rings (SSSR count). The van der Waals surface area contributed by atoms with Gasteiger partial charge in [-0.25, -0.2) is 9.97 Å². The normalized spacial score (nSPS) is 10.8. The average molecular weight is 396 g/mol. The molecule has 128 valence electrons. The number of nitrogen functional groups attached to an aromatic ring is 1. The van der Waals surface area contributed by atoms with Gasteiger partial charge in [-0.15, -0.1) is 11.3 Å². The van der Waals surface area contributed by atoms with Crippen LogP contribution in [-0.4, -0.2) is 28.3 Å². The van der Waals surface area contributed by atoms with E-state index in [0.29, 0.717) is 36.4 Å². The first-order valence-corrected chi connectivity index (χ1v) is 8.51. The van der Waals surface area contributed by atoms with E-state index < -0.39 is 11.8 Å². The van der Waals surface area contributed by atoms with Gasteiger partial charge >= 0.3 is 0 Å². The lowest BCUT2D eigenvalue weighted by Crippen LogP contribution is -2.32. The highest BCUT2D eigenvalue weighted by atomic mass is 35.5. The fraction of sp³-hybridized carbons (Fsp3) is 0.0667. The van der Waals surface area contributed by atoms with E-state index in [4.69, 9.17) is 34.7 Å². The quantitative estimate of drug-likeness (QED) is 0.625. The van der Waals surface area contributed by atoms with E-state index in [1.807, 2.05) is 0 Å². The zero-order chi connectivity index (χ0) is 18.1. The lowest BCUT2D eigenvalue weighted by Gasteiger charge is -2.06. The molecule has 2 amide bonds. The fourth-order valence-corrected chi connectivity index (χ4v) is 3.64. The highest BCUT2D eigenvalue weighted by molar-refractivity contribution is 7.20. The number of hydrogen-bond donors (Lipinski definition) is 3. The number of rotatable bonds is 4. The standard InChI is InChI=1S/C15H11Cl2N5O2S/c16-6-1-2-7(9(17)3-6)12-8-4-10(13(24)20-5-11(18)23)25-14(8)22-15(19)21-12/h1-4H,5H2,(H2,18,23)(H,20,24)(H2,19,21,22). The molecular formula is C15H11Cl2N5O2S. The molecule has 0 aliphatic heterocycles. The maximum Gasteiger partial charge on any atom is 0.261 e. The number of amides is 2. The fourth-order valence-electron chi connectivity index (χ4n) is 2.19. The number of primary amides is 1. The van der Waals surface area contributed by atoms with Crippen molar-refractivity contribution in [2.45, 2.75) is 0 Å². The monoisotopic (exact) mass is 395 g/mol. The SMILES string of the molecule is NC(=O)CNC(=O)c1cc2c(-c3ccc(Cl)cc3Cl)nc(N)nc2s1. The molecule has 0 radical (unpaired) electrons. The van der Waals surface area contributed by atoms with E-state index in [1.54, 1.807) is 24.3 Å². The summed E-state index contributed by atoms with van der Waals surface area (Å²) < 4.78 is 0. The van der Waals surface area contributed by atoms with Gasteiger partial charge in [0.2, 0.25) is 11.9 Å². The molecule has 25 heavy (non-hydrogen) atoms. The number of thiophene rings is 1. The van der Waals surface area contributed by atoms with Crippen LogP contribution in [0.2, 0.25) is 10.0 Å². The van der Waals surface area contributed by atoms with Crippen LogP contribution in [0, 0.1) is 0 Å². The molecule has 5 N–H and O–H groups in total. The summed E-state index contributed by atoms with van der Waals surface area (Å²) in [7, 11) is 0. The Balaban J connectivity index is 2.10. The Labute approximate surface area is 156 Å². The van der Waals surface area contributed by atoms with Crippen molar-refractivity contribution in [2.75, 3.05) is 12.3 Å². The van der Waals surface area contributed by atoms with Crippen LogP contribution in [0.4, 0.5) is 5.95 Å². The van der Waals surface area contributed by atoms with Gasteiger partial charge in [-0.2, -0.15) is 0 Å². The summed E-state index contributed by atoms with van der Waals surface area (Å²) in [5.74, 6) is -1.01. The minimum atomic E-state index is -0.632. The highest BCUT2D eigenvalue weighted by Gasteiger charge is 2.18. The molecule has 3 aromatic rings. The van der Waals surface area contributed by atoms with Gasteiger partial charge in [0.1, 0.15) is 4.83 Å². The van der Waals surface area contributed by atoms with Crippen LogP contribution in [-0.2, 0) is 4.79 Å². The van der Waals surface area contributed by atoms with Crippen molar-refractivity contribution in [3.63, 3.8) is 0 Å². The second-order valence-electron chi connectivity index (χ2n) is 5.03. The number of carbonyl (C=O) groups is 2. The number of nitrogens with zero attached hydrogens (tertiary/aromatic N) is 2. The number of halogens is 2. The topological polar surface area (TPSA) is 124 Å². The maximum absolute atomic E-state index is 12.1. The first kappa shape index (κ1) is 17.4. The zero-order valence-corrected chi connectivity index (χ0v) is 14.9. The summed E-state index contributed by atoms with van der Waals surface area (Å²) in [5.41, 5.74) is 11.9. The van der Waals surface area contributed by atoms with Crippen molar-refractivity contribution in [2.24, 2.45) is 5.73 Å². The molecule has 0 aliphatic carbocycles. The van der Waals surface area contributed by atoms with Gasteiger partial charge in [0.05, 0.1) is 22.1 Å². The number of nitrogens with one attached hydrogen (secondary N) is 1. The molecule has 0 saturated carbocycles. The number of anilines is 1. The van der Waals surface area contributed by atoms with E-state index in [9.17, 15) is 9.59 Å². The molecule has 2 aromatic heterocycles. The molecule has 0 atom stereocenters. The number of aromatic nitrogens is 2. The molecule has 7 nitrogen and oxygen atoms in total. The third-order valence-electron chi connectivity index (χ3n) is 3.24. The molecule has 0 spiro atoms. The Morgan fingerprint density at radius 2 is 1.96 bits per heavy atom. The predicted molar refractivity (Wildman–Crippen MR) is 98.8 cm³/mol. The highest BCUT2D eigenvalue weighted by Crippen LogP contribution is 2.36. The van der Waals surface area contributed by atoms with Crippen molar-refractivity contribution >= 4 is 62.5 Å². The van der Waals surface area contributed by atoms with E-state index in [1.165, 1.54) is 0 Å². The molecule has 0 unspecified atom stereocenters. The van der Waals surface area contributed by atoms with Crippen LogP contribution in [0.25, 0.3) is 21.5 Å². The summed E-state index contributed by atoms with van der Waals surface area (Å²) in [4.78, 5) is 32.2. The van der Waals surface area contributed by atoms with Gasteiger partial charge in [-0.05, 0) is 24.3 Å². The summed E-state index contributed by atoms with van der Waals surface area (Å²) in [5, 5.41) is 3.93. The van der Waals surface area contributed by atoms with Crippen LogP contribution in [0.15, 0.2) is 24.3 Å². The van der Waals surface area contributed by atoms with Gasteiger partial charge in [-0.3, -0.25) is 9.59 Å². The minimum absolute atomic E-state index is 0.0551. The van der Waals surface area contributed by atoms with Crippen LogP contribution >= 0.6 is 34.5 Å². The molecule has 2 heterocycles. The molecule has 0 bridgehead atoms.